The second-order valence-corrected chi connectivity index (χ2v) is 11.9. The van der Waals surface area contributed by atoms with Gasteiger partial charge in [-0.25, -0.2) is 12.8 Å². The van der Waals surface area contributed by atoms with E-state index < -0.39 is 33.0 Å². The van der Waals surface area contributed by atoms with Gasteiger partial charge in [-0.15, -0.1) is 0 Å². The summed E-state index contributed by atoms with van der Waals surface area (Å²) in [4.78, 5) is 29.9. The number of rotatable bonds is 5. The highest BCUT2D eigenvalue weighted by Gasteiger charge is 2.48. The van der Waals surface area contributed by atoms with Crippen LogP contribution >= 0.6 is 0 Å². The van der Waals surface area contributed by atoms with Gasteiger partial charge in [-0.3, -0.25) is 9.59 Å². The van der Waals surface area contributed by atoms with E-state index in [4.69, 9.17) is 0 Å². The Bertz CT molecular complexity index is 1130. The van der Waals surface area contributed by atoms with Crippen LogP contribution in [0.1, 0.15) is 45.4 Å². The van der Waals surface area contributed by atoms with Crippen LogP contribution in [0.2, 0.25) is 0 Å². The number of hydrogen-bond donors (Lipinski definition) is 1. The van der Waals surface area contributed by atoms with E-state index in [0.29, 0.717) is 51.0 Å². The van der Waals surface area contributed by atoms with Crippen LogP contribution in [0.15, 0.2) is 23.1 Å². The molecule has 0 unspecified atom stereocenters. The van der Waals surface area contributed by atoms with Crippen molar-refractivity contribution < 1.29 is 22.4 Å². The molecule has 3 aliphatic rings. The molecule has 2 aliphatic carbocycles. The molecular weight excluding hydrogens is 459 g/mol. The molecule has 1 aromatic rings. The van der Waals surface area contributed by atoms with E-state index in [1.807, 2.05) is 16.7 Å². The zero-order valence-corrected chi connectivity index (χ0v) is 20.4. The molecule has 8 nitrogen and oxygen atoms in total. The fourth-order valence-corrected chi connectivity index (χ4v) is 5.91. The molecule has 1 aromatic carbocycles. The summed E-state index contributed by atoms with van der Waals surface area (Å²) in [6.45, 7) is 3.32. The standard InChI is InChI=1S/C24H31FN4O4S/c1-16-14-28(17-7-8-21(20(25)13-17)34(2,32)33)11-12-29(16)23(31)19-6-4-3-5-18(19)22(30)27-24(15-26)9-10-24/h7-8,13,16,18-19H,3-6,9-12,14H2,1-2H3,(H,27,30)/t16-,18-,19-/m1/s1. The highest BCUT2D eigenvalue weighted by atomic mass is 32.2. The van der Waals surface area contributed by atoms with Gasteiger partial charge < -0.3 is 15.1 Å². The zero-order valence-electron chi connectivity index (χ0n) is 19.6. The van der Waals surface area contributed by atoms with Crippen molar-refractivity contribution in [1.82, 2.24) is 10.2 Å². The van der Waals surface area contributed by atoms with Crippen LogP contribution in [0, 0.1) is 29.0 Å². The largest absolute Gasteiger partial charge is 0.368 e. The molecule has 10 heteroatoms. The molecule has 3 fully saturated rings. The van der Waals surface area contributed by atoms with Crippen molar-refractivity contribution in [2.75, 3.05) is 30.8 Å². The molecule has 34 heavy (non-hydrogen) atoms. The van der Waals surface area contributed by atoms with Crippen LogP contribution in [0.4, 0.5) is 10.1 Å². The number of anilines is 1. The fraction of sp³-hybridized carbons (Fsp3) is 0.625. The fourth-order valence-electron chi connectivity index (χ4n) is 5.18. The lowest BCUT2D eigenvalue weighted by Crippen LogP contribution is -2.57. The predicted octanol–water partition coefficient (Wildman–Crippen LogP) is 2.25. The Balaban J connectivity index is 1.43. The minimum absolute atomic E-state index is 0.0348. The van der Waals surface area contributed by atoms with E-state index in [1.165, 1.54) is 12.1 Å². The first-order valence-corrected chi connectivity index (χ1v) is 13.7. The molecule has 4 rings (SSSR count). The average molecular weight is 491 g/mol. The topological polar surface area (TPSA) is 111 Å². The SMILES string of the molecule is C[C@@H]1CN(c2ccc(S(C)(=O)=O)c(F)c2)CCN1C(=O)[C@@H]1CCCC[C@H]1C(=O)NC1(C#N)CC1. The summed E-state index contributed by atoms with van der Waals surface area (Å²) >= 11 is 0. The van der Waals surface area contributed by atoms with Crippen molar-refractivity contribution in [2.24, 2.45) is 11.8 Å². The molecule has 0 radical (unpaired) electrons. The first kappa shape index (κ1) is 24.5. The smallest absolute Gasteiger partial charge is 0.226 e. The lowest BCUT2D eigenvalue weighted by Gasteiger charge is -2.43. The maximum Gasteiger partial charge on any atom is 0.226 e. The van der Waals surface area contributed by atoms with E-state index >= 15 is 0 Å². The van der Waals surface area contributed by atoms with Crippen LogP contribution in [0.5, 0.6) is 0 Å². The molecule has 0 spiro atoms. The molecule has 1 N–H and O–H groups in total. The molecule has 0 bridgehead atoms. The Morgan fingerprint density at radius 3 is 2.41 bits per heavy atom. The summed E-state index contributed by atoms with van der Waals surface area (Å²) < 4.78 is 37.8. The number of nitriles is 1. The number of amides is 2. The van der Waals surface area contributed by atoms with Gasteiger partial charge in [-0.2, -0.15) is 5.26 Å². The molecule has 2 saturated carbocycles. The molecule has 184 valence electrons. The summed E-state index contributed by atoms with van der Waals surface area (Å²) in [6.07, 6.45) is 5.37. The maximum atomic E-state index is 14.4. The van der Waals surface area contributed by atoms with Crippen molar-refractivity contribution >= 4 is 27.3 Å². The number of benzene rings is 1. The van der Waals surface area contributed by atoms with Gasteiger partial charge in [0.2, 0.25) is 11.8 Å². The Labute approximate surface area is 200 Å². The summed E-state index contributed by atoms with van der Waals surface area (Å²) in [6, 6.07) is 6.12. The Hall–Kier alpha value is -2.67. The van der Waals surface area contributed by atoms with Crippen molar-refractivity contribution in [3.63, 3.8) is 0 Å². The van der Waals surface area contributed by atoms with E-state index in [2.05, 4.69) is 11.4 Å². The first-order chi connectivity index (χ1) is 16.0. The van der Waals surface area contributed by atoms with Crippen molar-refractivity contribution in [3.05, 3.63) is 24.0 Å². The number of piperazine rings is 1. The van der Waals surface area contributed by atoms with Crippen LogP contribution < -0.4 is 10.2 Å². The third kappa shape index (κ3) is 4.90. The third-order valence-corrected chi connectivity index (χ3v) is 8.47. The van der Waals surface area contributed by atoms with Gasteiger partial charge >= 0.3 is 0 Å². The Kier molecular flexibility index (Phi) is 6.60. The minimum Gasteiger partial charge on any atom is -0.368 e. The second-order valence-electron chi connectivity index (χ2n) is 9.89. The number of hydrogen-bond acceptors (Lipinski definition) is 6. The molecule has 1 aliphatic heterocycles. The van der Waals surface area contributed by atoms with Gasteiger partial charge in [0.1, 0.15) is 16.3 Å². The lowest BCUT2D eigenvalue weighted by atomic mass is 9.77. The van der Waals surface area contributed by atoms with Crippen molar-refractivity contribution in [1.29, 1.82) is 5.26 Å². The number of halogens is 1. The van der Waals surface area contributed by atoms with E-state index in [9.17, 15) is 27.7 Å². The van der Waals surface area contributed by atoms with Gasteiger partial charge in [-0.1, -0.05) is 12.8 Å². The molecule has 1 saturated heterocycles. The maximum absolute atomic E-state index is 14.4. The van der Waals surface area contributed by atoms with Gasteiger partial charge in [0.25, 0.3) is 0 Å². The van der Waals surface area contributed by atoms with E-state index in [-0.39, 0.29) is 22.8 Å². The molecule has 2 amide bonds. The van der Waals surface area contributed by atoms with E-state index in [1.54, 1.807) is 6.07 Å². The second kappa shape index (κ2) is 9.17. The highest BCUT2D eigenvalue weighted by molar-refractivity contribution is 7.90. The summed E-state index contributed by atoms with van der Waals surface area (Å²) in [5.41, 5.74) is -0.173. The molecular formula is C24H31FN4O4S. The van der Waals surface area contributed by atoms with Crippen LogP contribution in [-0.2, 0) is 19.4 Å². The minimum atomic E-state index is -3.64. The lowest BCUT2D eigenvalue weighted by molar-refractivity contribution is -0.145. The van der Waals surface area contributed by atoms with Gasteiger partial charge in [-0.05, 0) is 50.8 Å². The van der Waals surface area contributed by atoms with Crippen molar-refractivity contribution in [2.45, 2.75) is 61.9 Å². The molecule has 0 aromatic heterocycles. The normalized spacial score (nSPS) is 26.5. The number of sulfone groups is 1. The van der Waals surface area contributed by atoms with Gasteiger partial charge in [0.05, 0.1) is 6.07 Å². The van der Waals surface area contributed by atoms with Gasteiger partial charge in [0, 0.05) is 49.5 Å². The van der Waals surface area contributed by atoms with Crippen LogP contribution in [-0.4, -0.2) is 62.6 Å². The number of carbonyl (C=O) groups is 2. The number of nitrogens with one attached hydrogen (secondary N) is 1. The first-order valence-electron chi connectivity index (χ1n) is 11.8. The average Bonchev–Trinajstić information content (AvgIpc) is 3.57. The number of nitrogens with zero attached hydrogens (tertiary/aromatic N) is 3. The van der Waals surface area contributed by atoms with Crippen molar-refractivity contribution in [3.8, 4) is 6.07 Å². The monoisotopic (exact) mass is 490 g/mol. The zero-order chi connectivity index (χ0) is 24.7. The Morgan fingerprint density at radius 1 is 1.18 bits per heavy atom. The van der Waals surface area contributed by atoms with E-state index in [0.717, 1.165) is 19.1 Å². The van der Waals surface area contributed by atoms with Crippen LogP contribution in [0.25, 0.3) is 0 Å². The summed E-state index contributed by atoms with van der Waals surface area (Å²) in [5.74, 6) is -1.83. The number of carbonyl (C=O) groups excluding carboxylic acids is 2. The summed E-state index contributed by atoms with van der Waals surface area (Å²) in [5, 5.41) is 12.2. The molecule has 1 heterocycles. The van der Waals surface area contributed by atoms with Gasteiger partial charge in [0.15, 0.2) is 9.84 Å². The Morgan fingerprint density at radius 2 is 1.85 bits per heavy atom. The third-order valence-electron chi connectivity index (χ3n) is 7.34. The van der Waals surface area contributed by atoms with Crippen LogP contribution in [0.3, 0.4) is 0 Å². The summed E-state index contributed by atoms with van der Waals surface area (Å²) in [7, 11) is -3.64. The highest BCUT2D eigenvalue weighted by Crippen LogP contribution is 2.38. The predicted molar refractivity (Wildman–Crippen MR) is 124 cm³/mol. The quantitative estimate of drug-likeness (QED) is 0.678. The molecule has 3 atom stereocenters.